The number of carbonyl (C=O) groups is 3. The number of aliphatic hydroxyl groups excluding tert-OH is 1. The van der Waals surface area contributed by atoms with E-state index in [0.29, 0.717) is 6.54 Å². The number of rotatable bonds is 9. The number of β-amino-alcohol motifs (C(OH)–C–C–N with tert-alkyl or cyclic N) is 1. The van der Waals surface area contributed by atoms with Crippen molar-refractivity contribution in [3.63, 3.8) is 0 Å². The molecule has 1 aliphatic rings. The normalized spacial score (nSPS) is 18.9. The maximum absolute atomic E-state index is 13.5. The fourth-order valence-corrected chi connectivity index (χ4v) is 6.21. The highest BCUT2D eigenvalue weighted by molar-refractivity contribution is 8.00. The molecule has 2 heterocycles. The van der Waals surface area contributed by atoms with Crippen LogP contribution in [-0.2, 0) is 20.9 Å². The zero-order valence-electron chi connectivity index (χ0n) is 20.8. The summed E-state index contributed by atoms with van der Waals surface area (Å²) < 4.78 is -0.579. The van der Waals surface area contributed by atoms with Gasteiger partial charge in [-0.3, -0.25) is 14.4 Å². The molecule has 2 aromatic rings. The van der Waals surface area contributed by atoms with Gasteiger partial charge in [0.2, 0.25) is 17.7 Å². The van der Waals surface area contributed by atoms with Crippen molar-refractivity contribution in [1.82, 2.24) is 20.5 Å². The Bertz CT molecular complexity index is 1050. The summed E-state index contributed by atoms with van der Waals surface area (Å²) in [7, 11) is 0. The average Bonchev–Trinajstić information content (AvgIpc) is 3.41. The molecule has 1 aromatic heterocycles. The van der Waals surface area contributed by atoms with Gasteiger partial charge < -0.3 is 20.6 Å². The van der Waals surface area contributed by atoms with Crippen molar-refractivity contribution in [3.8, 4) is 10.4 Å². The molecule has 1 fully saturated rings. The quantitative estimate of drug-likeness (QED) is 0.471. The van der Waals surface area contributed by atoms with E-state index in [9.17, 15) is 19.5 Å². The molecule has 3 atom stereocenters. The van der Waals surface area contributed by atoms with Gasteiger partial charge in [0.15, 0.2) is 0 Å². The molecular formula is C25H34N4O4S2. The van der Waals surface area contributed by atoms with Crippen molar-refractivity contribution >= 4 is 40.8 Å². The number of hydrogen-bond donors (Lipinski definition) is 3. The number of carbonyl (C=O) groups excluding carboxylic acids is 3. The third-order valence-corrected chi connectivity index (χ3v) is 8.35. The molecule has 0 aliphatic carbocycles. The van der Waals surface area contributed by atoms with Crippen molar-refractivity contribution < 1.29 is 19.5 Å². The van der Waals surface area contributed by atoms with E-state index in [1.807, 2.05) is 57.5 Å². The Hall–Kier alpha value is -2.43. The van der Waals surface area contributed by atoms with Gasteiger partial charge in [-0.2, -0.15) is 11.8 Å². The molecule has 8 nitrogen and oxygen atoms in total. The molecule has 0 bridgehead atoms. The van der Waals surface area contributed by atoms with Gasteiger partial charge in [-0.05, 0) is 37.7 Å². The number of nitrogens with one attached hydrogen (secondary N) is 2. The largest absolute Gasteiger partial charge is 0.391 e. The molecule has 0 radical (unpaired) electrons. The molecule has 3 N–H and O–H groups in total. The second-order valence-corrected chi connectivity index (χ2v) is 12.0. The van der Waals surface area contributed by atoms with Crippen LogP contribution in [0.4, 0.5) is 0 Å². The van der Waals surface area contributed by atoms with Crippen LogP contribution in [0.2, 0.25) is 0 Å². The summed E-state index contributed by atoms with van der Waals surface area (Å²) in [6, 6.07) is 6.31. The van der Waals surface area contributed by atoms with Crippen molar-refractivity contribution in [2.75, 3.05) is 12.3 Å². The lowest BCUT2D eigenvalue weighted by molar-refractivity contribution is -0.142. The Kier molecular flexibility index (Phi) is 8.95. The number of nitrogens with zero attached hydrogens (tertiary/aromatic N) is 2. The molecule has 3 rings (SSSR count). The molecule has 1 aromatic carbocycles. The predicted molar refractivity (Wildman–Crippen MR) is 140 cm³/mol. The molecule has 1 saturated heterocycles. The van der Waals surface area contributed by atoms with Gasteiger partial charge in [0.1, 0.15) is 12.1 Å². The van der Waals surface area contributed by atoms with Crippen LogP contribution in [0.3, 0.4) is 0 Å². The third-order valence-electron chi connectivity index (χ3n) is 6.10. The Morgan fingerprint density at radius 2 is 1.97 bits per heavy atom. The van der Waals surface area contributed by atoms with Gasteiger partial charge in [-0.25, -0.2) is 4.98 Å². The smallest absolute Gasteiger partial charge is 0.247 e. The van der Waals surface area contributed by atoms with Gasteiger partial charge in [0.25, 0.3) is 0 Å². The first-order valence-corrected chi connectivity index (χ1v) is 13.6. The molecule has 1 aliphatic heterocycles. The highest BCUT2D eigenvalue weighted by Gasteiger charge is 2.45. The Morgan fingerprint density at radius 3 is 2.54 bits per heavy atom. The molecule has 0 unspecified atom stereocenters. The van der Waals surface area contributed by atoms with Gasteiger partial charge in [-0.1, -0.05) is 31.2 Å². The van der Waals surface area contributed by atoms with E-state index in [4.69, 9.17) is 0 Å². The monoisotopic (exact) mass is 518 g/mol. The maximum Gasteiger partial charge on any atom is 0.247 e. The third kappa shape index (κ3) is 6.62. The van der Waals surface area contributed by atoms with Crippen LogP contribution < -0.4 is 10.6 Å². The molecule has 3 amide bonds. The minimum absolute atomic E-state index is 0.0583. The molecule has 10 heteroatoms. The Labute approximate surface area is 214 Å². The Balaban J connectivity index is 1.69. The zero-order chi connectivity index (χ0) is 25.8. The summed E-state index contributed by atoms with van der Waals surface area (Å²) in [5.41, 5.74) is 4.81. The number of aryl methyl sites for hydroxylation is 1. The number of hydrogen-bond acceptors (Lipinski definition) is 7. The van der Waals surface area contributed by atoms with E-state index in [2.05, 4.69) is 15.6 Å². The summed E-state index contributed by atoms with van der Waals surface area (Å²) in [6.45, 7) is 9.50. The number of aromatic nitrogens is 1. The van der Waals surface area contributed by atoms with Crippen molar-refractivity contribution in [3.05, 3.63) is 41.0 Å². The average molecular weight is 519 g/mol. The lowest BCUT2D eigenvalue weighted by Crippen LogP contribution is -2.59. The van der Waals surface area contributed by atoms with Crippen LogP contribution in [0.5, 0.6) is 0 Å². The summed E-state index contributed by atoms with van der Waals surface area (Å²) >= 11 is 3.15. The Morgan fingerprint density at radius 1 is 1.29 bits per heavy atom. The van der Waals surface area contributed by atoms with Crippen LogP contribution in [0.15, 0.2) is 29.8 Å². The van der Waals surface area contributed by atoms with Crippen molar-refractivity contribution in [2.24, 2.45) is 0 Å². The number of thiazole rings is 1. The second kappa shape index (κ2) is 11.5. The predicted octanol–water partition coefficient (Wildman–Crippen LogP) is 2.73. The zero-order valence-corrected chi connectivity index (χ0v) is 22.5. The summed E-state index contributed by atoms with van der Waals surface area (Å²) in [4.78, 5) is 45.3. The number of likely N-dealkylation sites (tertiary alicyclic amines) is 1. The first-order valence-electron chi connectivity index (χ1n) is 11.7. The van der Waals surface area contributed by atoms with Gasteiger partial charge in [0, 0.05) is 31.2 Å². The molecule has 190 valence electrons. The van der Waals surface area contributed by atoms with Crippen LogP contribution in [0.25, 0.3) is 10.4 Å². The van der Waals surface area contributed by atoms with E-state index in [1.54, 1.807) is 23.1 Å². The first kappa shape index (κ1) is 27.2. The van der Waals surface area contributed by atoms with E-state index in [0.717, 1.165) is 27.5 Å². The summed E-state index contributed by atoms with van der Waals surface area (Å²) in [5.74, 6) is -0.220. The van der Waals surface area contributed by atoms with E-state index in [1.165, 1.54) is 11.8 Å². The van der Waals surface area contributed by atoms with Crippen LogP contribution in [0.1, 0.15) is 45.4 Å². The first-order chi connectivity index (χ1) is 16.5. The van der Waals surface area contributed by atoms with E-state index < -0.39 is 22.9 Å². The lowest BCUT2D eigenvalue weighted by atomic mass is 10.0. The van der Waals surface area contributed by atoms with Crippen LogP contribution in [0, 0.1) is 6.92 Å². The summed E-state index contributed by atoms with van der Waals surface area (Å²) in [5, 5.41) is 16.0. The molecule has 0 spiro atoms. The SMILES string of the molecule is CCSC(C)(C)[C@H](NC(C)=O)C(=O)N1C[C@H](O)C[C@H]1C(=O)NCc1ccc(-c2scnc2C)cc1. The van der Waals surface area contributed by atoms with Gasteiger partial charge in [-0.15, -0.1) is 11.3 Å². The van der Waals surface area contributed by atoms with Gasteiger partial charge in [0.05, 0.1) is 22.2 Å². The molecular weight excluding hydrogens is 484 g/mol. The maximum atomic E-state index is 13.5. The fraction of sp³-hybridized carbons (Fsp3) is 0.520. The van der Waals surface area contributed by atoms with Gasteiger partial charge >= 0.3 is 0 Å². The number of amides is 3. The number of benzene rings is 1. The fourth-order valence-electron chi connectivity index (χ4n) is 4.32. The lowest BCUT2D eigenvalue weighted by Gasteiger charge is -2.36. The van der Waals surface area contributed by atoms with Crippen molar-refractivity contribution in [1.29, 1.82) is 0 Å². The number of aliphatic hydroxyl groups is 1. The van der Waals surface area contributed by atoms with E-state index in [-0.39, 0.29) is 30.7 Å². The standard InChI is InChI=1S/C25H34N4O4S2/c1-6-35-25(4,5)22(28-16(3)30)24(33)29-13-19(31)11-20(29)23(32)26-12-17-7-9-18(10-8-17)21-15(2)27-14-34-21/h7-10,14,19-20,22,31H,6,11-13H2,1-5H3,(H,26,32)(H,28,30)/t19-,20+,22-/m1/s1. The summed E-state index contributed by atoms with van der Waals surface area (Å²) in [6.07, 6.45) is -0.633. The highest BCUT2D eigenvalue weighted by Crippen LogP contribution is 2.31. The number of thioether (sulfide) groups is 1. The van der Waals surface area contributed by atoms with E-state index >= 15 is 0 Å². The van der Waals surface area contributed by atoms with Crippen LogP contribution in [-0.4, -0.2) is 67.9 Å². The molecule has 35 heavy (non-hydrogen) atoms. The van der Waals surface area contributed by atoms with Crippen LogP contribution >= 0.6 is 23.1 Å². The minimum atomic E-state index is -0.812. The van der Waals surface area contributed by atoms with Crippen molar-refractivity contribution in [2.45, 2.75) is 70.5 Å². The minimum Gasteiger partial charge on any atom is -0.391 e. The second-order valence-electron chi connectivity index (χ2n) is 9.25. The topological polar surface area (TPSA) is 112 Å². The molecule has 0 saturated carbocycles. The highest BCUT2D eigenvalue weighted by atomic mass is 32.2.